The SMILES string of the molecule is O=Cc1cccs1.[C]. The van der Waals surface area contributed by atoms with E-state index in [-0.39, 0.29) is 7.43 Å². The summed E-state index contributed by atoms with van der Waals surface area (Å²) in [5.41, 5.74) is 0. The number of hydrogen-bond acceptors (Lipinski definition) is 2. The van der Waals surface area contributed by atoms with Crippen molar-refractivity contribution < 1.29 is 4.79 Å². The number of thiophene rings is 1. The molecule has 2 heteroatoms. The first-order chi connectivity index (χ1) is 3.43. The van der Waals surface area contributed by atoms with Gasteiger partial charge >= 0.3 is 0 Å². The van der Waals surface area contributed by atoms with E-state index in [0.29, 0.717) is 0 Å². The van der Waals surface area contributed by atoms with E-state index in [1.165, 1.54) is 11.3 Å². The van der Waals surface area contributed by atoms with Gasteiger partial charge in [0.2, 0.25) is 0 Å². The van der Waals surface area contributed by atoms with E-state index >= 15 is 0 Å². The molecule has 8 heavy (non-hydrogen) atoms. The third-order valence-corrected chi connectivity index (χ3v) is 1.46. The first kappa shape index (κ1) is 7.37. The van der Waals surface area contributed by atoms with Gasteiger partial charge in [-0.3, -0.25) is 4.79 Å². The van der Waals surface area contributed by atoms with Gasteiger partial charge in [0.1, 0.15) is 0 Å². The second-order valence-corrected chi connectivity index (χ2v) is 2.11. The van der Waals surface area contributed by atoms with Crippen molar-refractivity contribution in [3.8, 4) is 0 Å². The van der Waals surface area contributed by atoms with Gasteiger partial charge in [-0.05, 0) is 11.4 Å². The van der Waals surface area contributed by atoms with E-state index in [0.717, 1.165) is 11.2 Å². The van der Waals surface area contributed by atoms with Crippen LogP contribution in [0.2, 0.25) is 0 Å². The Bertz CT molecular complexity index is 144. The van der Waals surface area contributed by atoms with Crippen LogP contribution in [0, 0.1) is 7.43 Å². The fourth-order valence-electron chi connectivity index (χ4n) is 0.358. The molecule has 0 saturated carbocycles. The lowest BCUT2D eigenvalue weighted by atomic mass is 10.5. The molecule has 0 N–H and O–H groups in total. The lowest BCUT2D eigenvalue weighted by molar-refractivity contribution is 0.112. The molecule has 1 heterocycles. The number of carbonyl (C=O) groups excluding carboxylic acids is 1. The standard InChI is InChI=1S/C5H4OS.C/c6-4-5-2-1-3-7-5;/h1-4H;. The first-order valence-electron chi connectivity index (χ1n) is 1.92. The second-order valence-electron chi connectivity index (χ2n) is 1.13. The van der Waals surface area contributed by atoms with E-state index < -0.39 is 0 Å². The van der Waals surface area contributed by atoms with Crippen LogP contribution in [0.1, 0.15) is 9.67 Å². The van der Waals surface area contributed by atoms with Gasteiger partial charge in [-0.1, -0.05) is 6.07 Å². The maximum absolute atomic E-state index is 9.88. The quantitative estimate of drug-likeness (QED) is 0.520. The van der Waals surface area contributed by atoms with Crippen molar-refractivity contribution in [2.45, 2.75) is 0 Å². The maximum atomic E-state index is 9.88. The molecule has 1 nitrogen and oxygen atoms in total. The van der Waals surface area contributed by atoms with E-state index in [1.54, 1.807) is 6.07 Å². The van der Waals surface area contributed by atoms with Crippen molar-refractivity contribution in [3.05, 3.63) is 29.8 Å². The summed E-state index contributed by atoms with van der Waals surface area (Å²) in [5, 5.41) is 1.88. The van der Waals surface area contributed by atoms with Gasteiger partial charge in [-0.25, -0.2) is 0 Å². The Morgan fingerprint density at radius 2 is 2.38 bits per heavy atom. The van der Waals surface area contributed by atoms with Gasteiger partial charge < -0.3 is 0 Å². The molecule has 0 aromatic carbocycles. The zero-order valence-corrected chi connectivity index (χ0v) is 4.94. The second kappa shape index (κ2) is 3.38. The molecule has 0 fully saturated rings. The molecule has 0 spiro atoms. The zero-order valence-electron chi connectivity index (χ0n) is 4.13. The lowest BCUT2D eigenvalue weighted by Gasteiger charge is -1.66. The summed E-state index contributed by atoms with van der Waals surface area (Å²) in [7, 11) is 0. The minimum absolute atomic E-state index is 0. The van der Waals surface area contributed by atoms with Crippen molar-refractivity contribution in [1.82, 2.24) is 0 Å². The van der Waals surface area contributed by atoms with E-state index in [2.05, 4.69) is 0 Å². The average molecular weight is 124 g/mol. The van der Waals surface area contributed by atoms with Crippen LogP contribution in [0.4, 0.5) is 0 Å². The predicted octanol–water partition coefficient (Wildman–Crippen LogP) is 1.64. The summed E-state index contributed by atoms with van der Waals surface area (Å²) < 4.78 is 0. The molecule has 1 rings (SSSR count). The predicted molar refractivity (Wildman–Crippen MR) is 32.9 cm³/mol. The maximum Gasteiger partial charge on any atom is 0.159 e. The minimum Gasteiger partial charge on any atom is -0.297 e. The van der Waals surface area contributed by atoms with Gasteiger partial charge in [0.15, 0.2) is 6.29 Å². The third-order valence-electron chi connectivity index (χ3n) is 0.659. The highest BCUT2D eigenvalue weighted by Crippen LogP contribution is 2.02. The monoisotopic (exact) mass is 124 g/mol. The molecule has 0 aliphatic rings. The largest absolute Gasteiger partial charge is 0.297 e. The minimum atomic E-state index is 0. The van der Waals surface area contributed by atoms with E-state index in [4.69, 9.17) is 0 Å². The van der Waals surface area contributed by atoms with Crippen LogP contribution < -0.4 is 0 Å². The van der Waals surface area contributed by atoms with Crippen LogP contribution in [-0.2, 0) is 0 Å². The number of carbonyl (C=O) groups is 1. The molecule has 40 valence electrons. The molecule has 0 bridgehead atoms. The summed E-state index contributed by atoms with van der Waals surface area (Å²) in [6, 6.07) is 3.64. The lowest BCUT2D eigenvalue weighted by Crippen LogP contribution is -1.61. The number of rotatable bonds is 1. The smallest absolute Gasteiger partial charge is 0.159 e. The van der Waals surface area contributed by atoms with E-state index in [9.17, 15) is 4.79 Å². The Kier molecular flexibility index (Phi) is 3.12. The van der Waals surface area contributed by atoms with Crippen molar-refractivity contribution in [1.29, 1.82) is 0 Å². The molecule has 0 aliphatic carbocycles. The Morgan fingerprint density at radius 1 is 1.62 bits per heavy atom. The summed E-state index contributed by atoms with van der Waals surface area (Å²) in [5.74, 6) is 0. The van der Waals surface area contributed by atoms with Gasteiger partial charge in [0.25, 0.3) is 0 Å². The van der Waals surface area contributed by atoms with Gasteiger partial charge in [-0.15, -0.1) is 11.3 Å². The Balaban J connectivity index is 0.000000490. The fraction of sp³-hybridized carbons (Fsp3) is 0. The van der Waals surface area contributed by atoms with Crippen LogP contribution in [0.5, 0.6) is 0 Å². The Morgan fingerprint density at radius 3 is 2.62 bits per heavy atom. The molecule has 1 aromatic heterocycles. The topological polar surface area (TPSA) is 17.1 Å². The van der Waals surface area contributed by atoms with Crippen molar-refractivity contribution in [2.75, 3.05) is 0 Å². The van der Waals surface area contributed by atoms with Crippen LogP contribution in [0.25, 0.3) is 0 Å². The normalized spacial score (nSPS) is 7.50. The molecule has 0 unspecified atom stereocenters. The highest BCUT2D eigenvalue weighted by Gasteiger charge is 1.82. The van der Waals surface area contributed by atoms with Crippen LogP contribution in [-0.4, -0.2) is 6.29 Å². The molecule has 0 amide bonds. The highest BCUT2D eigenvalue weighted by atomic mass is 32.1. The molecular formula is C6H4OS. The van der Waals surface area contributed by atoms with Gasteiger partial charge in [0, 0.05) is 7.43 Å². The zero-order chi connectivity index (χ0) is 5.11. The molecule has 0 aliphatic heterocycles. The van der Waals surface area contributed by atoms with Crippen LogP contribution >= 0.6 is 11.3 Å². The fourth-order valence-corrected chi connectivity index (χ4v) is 0.885. The van der Waals surface area contributed by atoms with Crippen molar-refractivity contribution in [2.24, 2.45) is 0 Å². The average Bonchev–Trinajstić information content (AvgIpc) is 2.14. The first-order valence-corrected chi connectivity index (χ1v) is 2.80. The van der Waals surface area contributed by atoms with Gasteiger partial charge in [0.05, 0.1) is 4.88 Å². The molecule has 1 aromatic rings. The Labute approximate surface area is 53.0 Å². The highest BCUT2D eigenvalue weighted by molar-refractivity contribution is 7.11. The summed E-state index contributed by atoms with van der Waals surface area (Å²) in [6.07, 6.45) is 0.852. The Hall–Kier alpha value is -0.630. The van der Waals surface area contributed by atoms with Gasteiger partial charge in [-0.2, -0.15) is 0 Å². The molecule has 0 saturated heterocycles. The van der Waals surface area contributed by atoms with Crippen LogP contribution in [0.15, 0.2) is 17.5 Å². The molecule has 0 atom stereocenters. The third kappa shape index (κ3) is 1.46. The van der Waals surface area contributed by atoms with Crippen molar-refractivity contribution in [3.63, 3.8) is 0 Å². The molecule has 4 radical (unpaired) electrons. The summed E-state index contributed by atoms with van der Waals surface area (Å²) in [6.45, 7) is 0. The summed E-state index contributed by atoms with van der Waals surface area (Å²) >= 11 is 1.45. The number of hydrogen-bond donors (Lipinski definition) is 0. The van der Waals surface area contributed by atoms with Crippen molar-refractivity contribution >= 4 is 17.6 Å². The van der Waals surface area contributed by atoms with E-state index in [1.807, 2.05) is 11.4 Å². The summed E-state index contributed by atoms with van der Waals surface area (Å²) in [4.78, 5) is 10.7. The number of aldehydes is 1. The van der Waals surface area contributed by atoms with Crippen LogP contribution in [0.3, 0.4) is 0 Å². The molecular weight excluding hydrogens is 120 g/mol.